The fourth-order valence-corrected chi connectivity index (χ4v) is 20.2. The molecule has 0 saturated heterocycles. The van der Waals surface area contributed by atoms with E-state index in [2.05, 4.69) is 437 Å². The third kappa shape index (κ3) is 11.2. The van der Waals surface area contributed by atoms with Gasteiger partial charge < -0.3 is 14.4 Å². The minimum absolute atomic E-state index is 0.0911. The van der Waals surface area contributed by atoms with E-state index in [0.717, 1.165) is 95.4 Å². The van der Waals surface area contributed by atoms with Crippen LogP contribution < -0.4 is 26.2 Å². The summed E-state index contributed by atoms with van der Waals surface area (Å²) in [6, 6.07) is 132. The van der Waals surface area contributed by atoms with Gasteiger partial charge in [-0.2, -0.15) is 0 Å². The summed E-state index contributed by atoms with van der Waals surface area (Å²) in [6.07, 6.45) is 0. The van der Waals surface area contributed by atoms with E-state index in [-0.39, 0.29) is 28.4 Å². The number of rotatable bonds is 9. The van der Waals surface area contributed by atoms with E-state index in [1.807, 2.05) is 0 Å². The number of aromatic nitrogens is 1. The Morgan fingerprint density at radius 2 is 0.534 bits per heavy atom. The second-order valence-corrected chi connectivity index (χ2v) is 37.6. The van der Waals surface area contributed by atoms with Gasteiger partial charge in [-0.15, -0.1) is 0 Å². The fourth-order valence-electron chi connectivity index (χ4n) is 20.2. The van der Waals surface area contributed by atoms with Crippen molar-refractivity contribution in [2.45, 2.75) is 105 Å². The maximum atomic E-state index is 2.73. The highest BCUT2D eigenvalue weighted by molar-refractivity contribution is 7.00. The minimum atomic E-state index is -0.357. The number of benzene rings is 19. The van der Waals surface area contributed by atoms with Crippen LogP contribution in [0, 0.1) is 0 Å². The lowest BCUT2D eigenvalue weighted by Crippen LogP contribution is -2.61. The molecular formula is C114H92BN3. The van der Waals surface area contributed by atoms with Crippen molar-refractivity contribution in [1.82, 2.24) is 4.57 Å². The van der Waals surface area contributed by atoms with Crippen LogP contribution in [0.2, 0.25) is 0 Å². The summed E-state index contributed by atoms with van der Waals surface area (Å²) in [5, 5.41) is 17.9. The van der Waals surface area contributed by atoms with Gasteiger partial charge in [-0.05, 0) is 230 Å². The molecule has 19 aromatic carbocycles. The average Bonchev–Trinajstić information content (AvgIpc) is 0.802. The van der Waals surface area contributed by atoms with E-state index in [0.29, 0.717) is 0 Å². The van der Waals surface area contributed by atoms with E-state index in [1.165, 1.54) is 136 Å². The molecule has 22 rings (SSSR count). The zero-order valence-electron chi connectivity index (χ0n) is 69.3. The van der Waals surface area contributed by atoms with Crippen LogP contribution in [0.4, 0.5) is 34.1 Å². The number of nitrogens with zero attached hydrogens (tertiary/aromatic N) is 3. The molecule has 0 unspecified atom stereocenters. The van der Waals surface area contributed by atoms with Gasteiger partial charge in [-0.25, -0.2) is 0 Å². The van der Waals surface area contributed by atoms with Crippen molar-refractivity contribution in [3.05, 3.63) is 362 Å². The molecule has 4 heteroatoms. The van der Waals surface area contributed by atoms with Crippen LogP contribution in [0.3, 0.4) is 0 Å². The topological polar surface area (TPSA) is 11.4 Å². The van der Waals surface area contributed by atoms with Crippen molar-refractivity contribution < 1.29 is 0 Å². The third-order valence-corrected chi connectivity index (χ3v) is 26.1. The number of fused-ring (bicyclic) bond motifs is 7. The van der Waals surface area contributed by atoms with Crippen LogP contribution in [-0.2, 0) is 21.7 Å². The Morgan fingerprint density at radius 3 is 0.881 bits per heavy atom. The summed E-state index contributed by atoms with van der Waals surface area (Å²) in [4.78, 5) is 5.46. The predicted octanol–water partition coefficient (Wildman–Crippen LogP) is 29.9. The van der Waals surface area contributed by atoms with Gasteiger partial charge in [-0.1, -0.05) is 362 Å². The third-order valence-electron chi connectivity index (χ3n) is 26.1. The molecule has 0 amide bonds. The van der Waals surface area contributed by atoms with Gasteiger partial charge in [0.05, 0.1) is 28.1 Å². The smallest absolute Gasteiger partial charge is 0.252 e. The summed E-state index contributed by atoms with van der Waals surface area (Å²) < 4.78 is 2.56. The van der Waals surface area contributed by atoms with Crippen LogP contribution in [0.15, 0.2) is 340 Å². The highest BCUT2D eigenvalue weighted by Crippen LogP contribution is 2.56. The van der Waals surface area contributed by atoms with Gasteiger partial charge in [0.2, 0.25) is 0 Å². The average molecular weight is 1510 g/mol. The summed E-state index contributed by atoms with van der Waals surface area (Å²) >= 11 is 0. The van der Waals surface area contributed by atoms with Gasteiger partial charge in [0, 0.05) is 55.8 Å². The van der Waals surface area contributed by atoms with Crippen molar-refractivity contribution in [2.24, 2.45) is 0 Å². The van der Waals surface area contributed by atoms with Crippen LogP contribution in [0.25, 0.3) is 159 Å². The maximum absolute atomic E-state index is 2.73. The van der Waals surface area contributed by atoms with Crippen molar-refractivity contribution >= 4 is 144 Å². The van der Waals surface area contributed by atoms with E-state index >= 15 is 0 Å². The Labute approximate surface area is 692 Å². The lowest BCUT2D eigenvalue weighted by Gasteiger charge is -2.46. The minimum Gasteiger partial charge on any atom is -0.310 e. The first-order valence-electron chi connectivity index (χ1n) is 42.1. The molecule has 118 heavy (non-hydrogen) atoms. The number of hydrogen-bond acceptors (Lipinski definition) is 2. The Bertz CT molecular complexity index is 6950. The van der Waals surface area contributed by atoms with Gasteiger partial charge in [0.15, 0.2) is 0 Å². The lowest BCUT2D eigenvalue weighted by atomic mass is 9.33. The van der Waals surface area contributed by atoms with E-state index in [4.69, 9.17) is 0 Å². The Kier molecular flexibility index (Phi) is 15.8. The number of para-hydroxylation sites is 4. The Hall–Kier alpha value is -13.3. The molecule has 0 atom stereocenters. The molecule has 0 bridgehead atoms. The SMILES string of the molecule is CC(C)(C)c1cc2ccc3cc(C(C)(C)C)cc4c(-c5ccc6c(c5)B5c7cc(-c8cc9cc(C(C)(C)C)cc%10ccc%11cc(C(C)(C)C)cc8c%11c%109)ccc7N(c7c(-c8ccccc8)cccc7-c7ccccc7)c7cc(-n8c9ccccc9c9ccccc98)cc(c75)N6c5c(-c6ccccc6)cccc5-c5ccccc5)cc(c1)c2c34. The Morgan fingerprint density at radius 1 is 0.220 bits per heavy atom. The van der Waals surface area contributed by atoms with Crippen molar-refractivity contribution in [1.29, 1.82) is 0 Å². The molecule has 3 heterocycles. The first kappa shape index (κ1) is 71.3. The summed E-state index contributed by atoms with van der Waals surface area (Å²) in [5.74, 6) is 0. The largest absolute Gasteiger partial charge is 0.310 e. The molecule has 2 aliphatic heterocycles. The van der Waals surface area contributed by atoms with E-state index < -0.39 is 0 Å². The zero-order chi connectivity index (χ0) is 80.2. The quantitative estimate of drug-likeness (QED) is 0.105. The molecule has 0 fully saturated rings. The van der Waals surface area contributed by atoms with Crippen molar-refractivity contribution in [3.63, 3.8) is 0 Å². The second-order valence-electron chi connectivity index (χ2n) is 37.6. The molecule has 20 aromatic rings. The summed E-state index contributed by atoms with van der Waals surface area (Å²) in [5.41, 5.74) is 32.5. The van der Waals surface area contributed by atoms with E-state index in [1.54, 1.807) is 0 Å². The molecule has 566 valence electrons. The van der Waals surface area contributed by atoms with E-state index in [9.17, 15) is 0 Å². The molecule has 2 aliphatic rings. The molecule has 3 nitrogen and oxygen atoms in total. The zero-order valence-corrected chi connectivity index (χ0v) is 69.3. The van der Waals surface area contributed by atoms with Gasteiger partial charge in [0.1, 0.15) is 0 Å². The van der Waals surface area contributed by atoms with Crippen molar-refractivity contribution in [2.75, 3.05) is 9.80 Å². The normalized spacial score (nSPS) is 13.2. The standard InChI is InChI=1S/C114H92BN3/c1-111(2,3)81-55-75-47-49-77-57-83(113(7,8)9)65-94-92(61-79(59-81)104(75)106(77)94)73-51-53-100-96(63-73)115-97-64-74(93-62-80-60-82(112(4,5)6)56-76-48-50-78-58-84(114(10,11)12)66-95(93)107(78)105(76)80)52-54-101(97)118(110-88(71-35-21-15-22-36-71)43-30-44-89(110)72-37-23-16-24-38-72)103-68-85(116-98-45-27-25-39-90(98)91-40-26-28-46-99(91)116)67-102(108(103)115)117(100)109-86(69-31-17-13-18-32-69)41-29-42-87(109)70-33-19-14-20-34-70/h13-68H,1-12H3. The highest BCUT2D eigenvalue weighted by atomic mass is 15.2. The molecule has 1 aromatic heterocycles. The van der Waals surface area contributed by atoms with Gasteiger partial charge >= 0.3 is 0 Å². The first-order valence-corrected chi connectivity index (χ1v) is 42.1. The monoisotopic (exact) mass is 1510 g/mol. The molecular weight excluding hydrogens is 1420 g/mol. The number of anilines is 6. The molecule has 0 aliphatic carbocycles. The molecule has 0 saturated carbocycles. The van der Waals surface area contributed by atoms with Gasteiger partial charge in [-0.3, -0.25) is 0 Å². The van der Waals surface area contributed by atoms with Crippen molar-refractivity contribution in [3.8, 4) is 72.4 Å². The summed E-state index contributed by atoms with van der Waals surface area (Å²) in [6.45, 7) is 28.0. The highest BCUT2D eigenvalue weighted by Gasteiger charge is 2.46. The molecule has 0 spiro atoms. The van der Waals surface area contributed by atoms with Gasteiger partial charge in [0.25, 0.3) is 6.71 Å². The second kappa shape index (κ2) is 26.1. The predicted molar refractivity (Wildman–Crippen MR) is 510 cm³/mol. The summed E-state index contributed by atoms with van der Waals surface area (Å²) in [7, 11) is 0. The fraction of sp³-hybridized carbons (Fsp3) is 0.140. The first-order chi connectivity index (χ1) is 57.1. The lowest BCUT2D eigenvalue weighted by molar-refractivity contribution is 0.591. The number of hydrogen-bond donors (Lipinski definition) is 0. The molecule has 0 N–H and O–H groups in total. The van der Waals surface area contributed by atoms with Crippen LogP contribution in [0.1, 0.15) is 105 Å². The van der Waals surface area contributed by atoms with Crippen LogP contribution in [0.5, 0.6) is 0 Å². The maximum Gasteiger partial charge on any atom is 0.252 e. The Balaban J connectivity index is 0.944. The van der Waals surface area contributed by atoms with Crippen LogP contribution >= 0.6 is 0 Å². The van der Waals surface area contributed by atoms with Crippen LogP contribution in [-0.4, -0.2) is 11.3 Å². The molecule has 0 radical (unpaired) electrons.